The van der Waals surface area contributed by atoms with Crippen LogP contribution >= 0.6 is 15.9 Å². The number of nitriles is 1. The molecular formula is C16H10BrN3O. The Kier molecular flexibility index (Phi) is 3.80. The summed E-state index contributed by atoms with van der Waals surface area (Å²) in [6.07, 6.45) is 3.80. The molecule has 0 fully saturated rings. The predicted octanol–water partition coefficient (Wildman–Crippen LogP) is 4.25. The number of fused-ring (bicyclic) bond motifs is 1. The van der Waals surface area contributed by atoms with Crippen LogP contribution in [0.1, 0.15) is 5.56 Å². The predicted molar refractivity (Wildman–Crippen MR) is 83.1 cm³/mol. The lowest BCUT2D eigenvalue weighted by molar-refractivity contribution is 0.486. The molecule has 0 aliphatic carbocycles. The molecule has 0 aliphatic heterocycles. The number of pyridine rings is 2. The van der Waals surface area contributed by atoms with E-state index in [1.807, 2.05) is 30.3 Å². The SMILES string of the molecule is N#CCc1ccc(Oc2ccnc3cc(Br)cnc23)cc1. The Bertz CT molecular complexity index is 825. The van der Waals surface area contributed by atoms with Gasteiger partial charge in [-0.15, -0.1) is 0 Å². The van der Waals surface area contributed by atoms with Crippen molar-refractivity contribution >= 4 is 27.0 Å². The topological polar surface area (TPSA) is 58.8 Å². The van der Waals surface area contributed by atoms with Gasteiger partial charge < -0.3 is 4.74 Å². The highest BCUT2D eigenvalue weighted by Crippen LogP contribution is 2.28. The molecule has 5 heteroatoms. The lowest BCUT2D eigenvalue weighted by atomic mass is 10.2. The number of nitrogens with zero attached hydrogens (tertiary/aromatic N) is 3. The standard InChI is InChI=1S/C16H10BrN3O/c17-12-9-14-16(20-10-12)15(6-8-19-14)21-13-3-1-11(2-4-13)5-7-18/h1-4,6,8-10H,5H2. The number of rotatable bonds is 3. The molecule has 0 amide bonds. The summed E-state index contributed by atoms with van der Waals surface area (Å²) in [5.74, 6) is 1.36. The molecule has 3 rings (SSSR count). The first-order valence-electron chi connectivity index (χ1n) is 6.30. The van der Waals surface area contributed by atoms with E-state index in [0.29, 0.717) is 23.4 Å². The molecule has 0 saturated heterocycles. The summed E-state index contributed by atoms with van der Waals surface area (Å²) in [6, 6.07) is 13.2. The number of hydrogen-bond acceptors (Lipinski definition) is 4. The van der Waals surface area contributed by atoms with Crippen molar-refractivity contribution in [1.29, 1.82) is 5.26 Å². The van der Waals surface area contributed by atoms with Gasteiger partial charge in [-0.25, -0.2) is 4.98 Å². The van der Waals surface area contributed by atoms with Gasteiger partial charge in [0.15, 0.2) is 5.75 Å². The first kappa shape index (κ1) is 13.5. The second-order valence-corrected chi connectivity index (χ2v) is 5.33. The third-order valence-corrected chi connectivity index (χ3v) is 3.38. The van der Waals surface area contributed by atoms with Gasteiger partial charge in [-0.2, -0.15) is 5.26 Å². The van der Waals surface area contributed by atoms with Gasteiger partial charge >= 0.3 is 0 Å². The molecule has 1 aromatic carbocycles. The fourth-order valence-corrected chi connectivity index (χ4v) is 2.28. The van der Waals surface area contributed by atoms with Gasteiger partial charge in [-0.3, -0.25) is 4.98 Å². The maximum atomic E-state index is 8.66. The van der Waals surface area contributed by atoms with Crippen LogP contribution in [0.25, 0.3) is 11.0 Å². The normalized spacial score (nSPS) is 10.3. The Hall–Kier alpha value is -2.45. The van der Waals surface area contributed by atoms with Crippen molar-refractivity contribution in [2.45, 2.75) is 6.42 Å². The molecule has 0 radical (unpaired) electrons. The third-order valence-electron chi connectivity index (χ3n) is 2.94. The number of aromatic nitrogens is 2. The smallest absolute Gasteiger partial charge is 0.156 e. The van der Waals surface area contributed by atoms with Crippen LogP contribution in [0.15, 0.2) is 53.3 Å². The Morgan fingerprint density at radius 1 is 1.14 bits per heavy atom. The van der Waals surface area contributed by atoms with Crippen molar-refractivity contribution in [2.75, 3.05) is 0 Å². The second kappa shape index (κ2) is 5.90. The van der Waals surface area contributed by atoms with E-state index in [9.17, 15) is 0 Å². The summed E-state index contributed by atoms with van der Waals surface area (Å²) in [6.45, 7) is 0. The van der Waals surface area contributed by atoms with E-state index in [1.165, 1.54) is 0 Å². The molecule has 21 heavy (non-hydrogen) atoms. The highest BCUT2D eigenvalue weighted by Gasteiger charge is 2.06. The first-order valence-corrected chi connectivity index (χ1v) is 7.09. The maximum absolute atomic E-state index is 8.66. The van der Waals surface area contributed by atoms with Gasteiger partial charge in [0, 0.05) is 22.9 Å². The average molecular weight is 340 g/mol. The average Bonchev–Trinajstić information content (AvgIpc) is 2.49. The largest absolute Gasteiger partial charge is 0.455 e. The lowest BCUT2D eigenvalue weighted by Crippen LogP contribution is -1.90. The zero-order valence-corrected chi connectivity index (χ0v) is 12.5. The van der Waals surface area contributed by atoms with Crippen molar-refractivity contribution in [1.82, 2.24) is 9.97 Å². The molecule has 0 aliphatic rings. The van der Waals surface area contributed by atoms with Crippen molar-refractivity contribution in [2.24, 2.45) is 0 Å². The van der Waals surface area contributed by atoms with E-state index >= 15 is 0 Å². The van der Waals surface area contributed by atoms with E-state index in [1.54, 1.807) is 18.5 Å². The van der Waals surface area contributed by atoms with Crippen LogP contribution in [-0.4, -0.2) is 9.97 Å². The molecule has 3 aromatic rings. The fraction of sp³-hybridized carbons (Fsp3) is 0.0625. The molecule has 0 N–H and O–H groups in total. The summed E-state index contributed by atoms with van der Waals surface area (Å²) in [4.78, 5) is 8.62. The van der Waals surface area contributed by atoms with Crippen LogP contribution < -0.4 is 4.74 Å². The zero-order chi connectivity index (χ0) is 14.7. The van der Waals surface area contributed by atoms with Gasteiger partial charge in [-0.1, -0.05) is 12.1 Å². The minimum absolute atomic E-state index is 0.397. The van der Waals surface area contributed by atoms with Gasteiger partial charge in [0.05, 0.1) is 18.0 Å². The monoisotopic (exact) mass is 339 g/mol. The minimum Gasteiger partial charge on any atom is -0.455 e. The number of benzene rings is 1. The molecule has 0 bridgehead atoms. The van der Waals surface area contributed by atoms with Gasteiger partial charge in [-0.05, 0) is 39.7 Å². The van der Waals surface area contributed by atoms with Gasteiger partial charge in [0.1, 0.15) is 11.3 Å². The summed E-state index contributed by atoms with van der Waals surface area (Å²) < 4.78 is 6.74. The van der Waals surface area contributed by atoms with Crippen molar-refractivity contribution in [3.63, 3.8) is 0 Å². The summed E-state index contributed by atoms with van der Waals surface area (Å²) in [7, 11) is 0. The molecule has 0 unspecified atom stereocenters. The fourth-order valence-electron chi connectivity index (χ4n) is 1.96. The van der Waals surface area contributed by atoms with Crippen LogP contribution in [0, 0.1) is 11.3 Å². The number of hydrogen-bond donors (Lipinski definition) is 0. The summed E-state index contributed by atoms with van der Waals surface area (Å²) in [5, 5.41) is 8.66. The van der Waals surface area contributed by atoms with Crippen molar-refractivity contribution in [3.8, 4) is 17.6 Å². The van der Waals surface area contributed by atoms with Crippen molar-refractivity contribution < 1.29 is 4.74 Å². The molecule has 2 heterocycles. The van der Waals surface area contributed by atoms with E-state index in [4.69, 9.17) is 10.00 Å². The Morgan fingerprint density at radius 3 is 2.71 bits per heavy atom. The molecule has 0 spiro atoms. The van der Waals surface area contributed by atoms with E-state index in [0.717, 1.165) is 15.6 Å². The van der Waals surface area contributed by atoms with Crippen LogP contribution in [0.2, 0.25) is 0 Å². The highest BCUT2D eigenvalue weighted by molar-refractivity contribution is 9.10. The van der Waals surface area contributed by atoms with Crippen LogP contribution in [-0.2, 0) is 6.42 Å². The molecule has 102 valence electrons. The second-order valence-electron chi connectivity index (χ2n) is 4.41. The zero-order valence-electron chi connectivity index (χ0n) is 11.0. The quantitative estimate of drug-likeness (QED) is 0.715. The van der Waals surface area contributed by atoms with E-state index in [-0.39, 0.29) is 0 Å². The highest BCUT2D eigenvalue weighted by atomic mass is 79.9. The molecule has 2 aromatic heterocycles. The summed E-state index contributed by atoms with van der Waals surface area (Å²) >= 11 is 3.38. The van der Waals surface area contributed by atoms with Crippen LogP contribution in [0.3, 0.4) is 0 Å². The van der Waals surface area contributed by atoms with E-state index in [2.05, 4.69) is 32.0 Å². The molecule has 4 nitrogen and oxygen atoms in total. The van der Waals surface area contributed by atoms with Crippen LogP contribution in [0.5, 0.6) is 11.5 Å². The lowest BCUT2D eigenvalue weighted by Gasteiger charge is -2.08. The molecule has 0 saturated carbocycles. The van der Waals surface area contributed by atoms with Crippen LogP contribution in [0.4, 0.5) is 0 Å². The van der Waals surface area contributed by atoms with Gasteiger partial charge in [0.2, 0.25) is 0 Å². The summed E-state index contributed by atoms with van der Waals surface area (Å²) in [5.41, 5.74) is 2.44. The number of ether oxygens (including phenoxy) is 1. The maximum Gasteiger partial charge on any atom is 0.156 e. The van der Waals surface area contributed by atoms with Crippen molar-refractivity contribution in [3.05, 3.63) is 58.8 Å². The minimum atomic E-state index is 0.397. The third kappa shape index (κ3) is 3.01. The Balaban J connectivity index is 1.93. The Morgan fingerprint density at radius 2 is 1.95 bits per heavy atom. The van der Waals surface area contributed by atoms with E-state index < -0.39 is 0 Å². The molecular weight excluding hydrogens is 330 g/mol. The van der Waals surface area contributed by atoms with Gasteiger partial charge in [0.25, 0.3) is 0 Å². The molecule has 0 atom stereocenters. The first-order chi connectivity index (χ1) is 10.3. The Labute approximate surface area is 130 Å². The number of halogens is 1.